The molecule has 1 saturated heterocycles. The molecule has 0 N–H and O–H groups in total. The average molecular weight is 367 g/mol. The lowest BCUT2D eigenvalue weighted by Crippen LogP contribution is -2.48. The van der Waals surface area contributed by atoms with E-state index in [1.807, 2.05) is 60.4 Å². The molecule has 2 aromatic rings. The van der Waals surface area contributed by atoms with Crippen molar-refractivity contribution in [2.75, 3.05) is 20.3 Å². The van der Waals surface area contributed by atoms with Crippen molar-refractivity contribution in [1.29, 1.82) is 0 Å². The highest BCUT2D eigenvalue weighted by Gasteiger charge is 2.34. The largest absolute Gasteiger partial charge is 0.497 e. The summed E-state index contributed by atoms with van der Waals surface area (Å²) < 4.78 is 11.1. The van der Waals surface area contributed by atoms with Crippen molar-refractivity contribution in [3.05, 3.63) is 54.1 Å². The first-order valence-corrected chi connectivity index (χ1v) is 9.63. The van der Waals surface area contributed by atoms with E-state index in [9.17, 15) is 4.79 Å². The van der Waals surface area contributed by atoms with Crippen molar-refractivity contribution in [3.63, 3.8) is 0 Å². The molecule has 0 aromatic heterocycles. The molecule has 1 aliphatic heterocycles. The Kier molecular flexibility index (Phi) is 5.85. The Morgan fingerprint density at radius 1 is 1.19 bits per heavy atom. The van der Waals surface area contributed by atoms with Crippen LogP contribution in [0.25, 0.3) is 11.1 Å². The van der Waals surface area contributed by atoms with Gasteiger partial charge >= 0.3 is 0 Å². The minimum Gasteiger partial charge on any atom is -0.497 e. The summed E-state index contributed by atoms with van der Waals surface area (Å²) in [7, 11) is 1.66. The number of rotatable bonds is 5. The lowest BCUT2D eigenvalue weighted by molar-refractivity contribution is -0.0777. The third-order valence-electron chi connectivity index (χ3n) is 5.23. The van der Waals surface area contributed by atoms with Crippen LogP contribution in [0.15, 0.2) is 48.5 Å². The van der Waals surface area contributed by atoms with Crippen LogP contribution in [0.4, 0.5) is 0 Å². The zero-order valence-corrected chi connectivity index (χ0v) is 16.7. The predicted octanol–water partition coefficient (Wildman–Crippen LogP) is 4.78. The lowest BCUT2D eigenvalue weighted by Gasteiger charge is -2.41. The summed E-state index contributed by atoms with van der Waals surface area (Å²) in [5.74, 6) is 0.897. The molecule has 4 heteroatoms. The molecular weight excluding hydrogens is 338 g/mol. The second kappa shape index (κ2) is 8.13. The molecule has 2 aromatic carbocycles. The first kappa shape index (κ1) is 19.4. The molecule has 0 bridgehead atoms. The Labute approximate surface area is 162 Å². The summed E-state index contributed by atoms with van der Waals surface area (Å²) in [6, 6.07) is 16.0. The molecule has 0 aliphatic carbocycles. The monoisotopic (exact) mass is 367 g/mol. The van der Waals surface area contributed by atoms with E-state index in [1.165, 1.54) is 0 Å². The van der Waals surface area contributed by atoms with Gasteiger partial charge in [0.2, 0.25) is 0 Å². The van der Waals surface area contributed by atoms with E-state index < -0.39 is 0 Å². The van der Waals surface area contributed by atoms with Gasteiger partial charge in [-0.3, -0.25) is 4.79 Å². The van der Waals surface area contributed by atoms with Gasteiger partial charge in [-0.15, -0.1) is 0 Å². The van der Waals surface area contributed by atoms with Crippen molar-refractivity contribution >= 4 is 5.91 Å². The van der Waals surface area contributed by atoms with Gasteiger partial charge in [0.15, 0.2) is 0 Å². The van der Waals surface area contributed by atoms with Crippen molar-refractivity contribution in [1.82, 2.24) is 4.90 Å². The maximum Gasteiger partial charge on any atom is 0.254 e. The standard InChI is InChI=1S/C23H29NO3/c1-5-24(20-12-13-27-23(2,3)16-20)22(25)19-10-6-8-17(14-19)18-9-7-11-21(15-18)26-4/h6-11,14-15,20H,5,12-13,16H2,1-4H3. The van der Waals surface area contributed by atoms with Gasteiger partial charge in [0, 0.05) is 24.8 Å². The number of nitrogens with zero attached hydrogens (tertiary/aromatic N) is 1. The van der Waals surface area contributed by atoms with Gasteiger partial charge in [0.25, 0.3) is 5.91 Å². The van der Waals surface area contributed by atoms with Crippen molar-refractivity contribution in [3.8, 4) is 16.9 Å². The van der Waals surface area contributed by atoms with Crippen LogP contribution in [-0.2, 0) is 4.74 Å². The topological polar surface area (TPSA) is 38.8 Å². The Morgan fingerprint density at radius 2 is 1.89 bits per heavy atom. The number of methoxy groups -OCH3 is 1. The summed E-state index contributed by atoms with van der Waals surface area (Å²) in [6.45, 7) is 7.64. The fourth-order valence-electron chi connectivity index (χ4n) is 3.83. The van der Waals surface area contributed by atoms with Gasteiger partial charge < -0.3 is 14.4 Å². The molecule has 1 unspecified atom stereocenters. The average Bonchev–Trinajstić information content (AvgIpc) is 2.68. The molecule has 144 valence electrons. The van der Waals surface area contributed by atoms with Gasteiger partial charge in [-0.2, -0.15) is 0 Å². The molecule has 27 heavy (non-hydrogen) atoms. The van der Waals surface area contributed by atoms with Crippen LogP contribution in [-0.4, -0.2) is 42.7 Å². The molecule has 0 spiro atoms. The summed E-state index contributed by atoms with van der Waals surface area (Å²) in [6.07, 6.45) is 1.75. The molecule has 4 nitrogen and oxygen atoms in total. The van der Waals surface area contributed by atoms with Crippen LogP contribution in [0.3, 0.4) is 0 Å². The van der Waals surface area contributed by atoms with Gasteiger partial charge in [-0.25, -0.2) is 0 Å². The number of ether oxygens (including phenoxy) is 2. The summed E-state index contributed by atoms with van der Waals surface area (Å²) in [5, 5.41) is 0. The van der Waals surface area contributed by atoms with Crippen LogP contribution >= 0.6 is 0 Å². The maximum atomic E-state index is 13.3. The van der Waals surface area contributed by atoms with Crippen LogP contribution in [0.2, 0.25) is 0 Å². The molecule has 1 atom stereocenters. The number of hydrogen-bond donors (Lipinski definition) is 0. The van der Waals surface area contributed by atoms with Crippen molar-refractivity contribution < 1.29 is 14.3 Å². The van der Waals surface area contributed by atoms with Gasteiger partial charge in [-0.05, 0) is 69.0 Å². The third kappa shape index (κ3) is 4.51. The fraction of sp³-hybridized carbons (Fsp3) is 0.435. The highest BCUT2D eigenvalue weighted by Crippen LogP contribution is 2.29. The highest BCUT2D eigenvalue weighted by molar-refractivity contribution is 5.95. The lowest BCUT2D eigenvalue weighted by atomic mass is 9.92. The molecule has 1 fully saturated rings. The Hall–Kier alpha value is -2.33. The second-order valence-electron chi connectivity index (χ2n) is 7.66. The molecule has 0 saturated carbocycles. The van der Waals surface area contributed by atoms with Crippen LogP contribution in [0, 0.1) is 0 Å². The Balaban J connectivity index is 1.85. The van der Waals surface area contributed by atoms with Crippen LogP contribution in [0.1, 0.15) is 44.0 Å². The Bertz CT molecular complexity index is 800. The number of hydrogen-bond acceptors (Lipinski definition) is 3. The van der Waals surface area contributed by atoms with Gasteiger partial charge in [0.1, 0.15) is 5.75 Å². The van der Waals surface area contributed by atoms with Crippen molar-refractivity contribution in [2.24, 2.45) is 0 Å². The second-order valence-corrected chi connectivity index (χ2v) is 7.66. The number of benzene rings is 2. The molecule has 3 rings (SSSR count). The molecule has 1 heterocycles. The normalized spacial score (nSPS) is 18.7. The van der Waals surface area contributed by atoms with Crippen molar-refractivity contribution in [2.45, 2.75) is 45.3 Å². The number of amides is 1. The van der Waals surface area contributed by atoms with Gasteiger partial charge in [-0.1, -0.05) is 24.3 Å². The predicted molar refractivity (Wildman–Crippen MR) is 108 cm³/mol. The quantitative estimate of drug-likeness (QED) is 0.763. The van der Waals surface area contributed by atoms with E-state index >= 15 is 0 Å². The van der Waals surface area contributed by atoms with E-state index in [0.717, 1.165) is 35.3 Å². The van der Waals surface area contributed by atoms with E-state index in [1.54, 1.807) is 7.11 Å². The molecule has 0 radical (unpaired) electrons. The molecular formula is C23H29NO3. The zero-order chi connectivity index (χ0) is 19.4. The minimum absolute atomic E-state index is 0.0879. The van der Waals surface area contributed by atoms with E-state index in [2.05, 4.69) is 13.8 Å². The first-order chi connectivity index (χ1) is 12.9. The molecule has 1 aliphatic rings. The Morgan fingerprint density at radius 3 is 2.56 bits per heavy atom. The molecule has 1 amide bonds. The maximum absolute atomic E-state index is 13.3. The van der Waals surface area contributed by atoms with E-state index in [4.69, 9.17) is 9.47 Å². The van der Waals surface area contributed by atoms with Crippen LogP contribution < -0.4 is 4.74 Å². The summed E-state index contributed by atoms with van der Waals surface area (Å²) in [4.78, 5) is 15.2. The smallest absolute Gasteiger partial charge is 0.254 e. The summed E-state index contributed by atoms with van der Waals surface area (Å²) >= 11 is 0. The minimum atomic E-state index is -0.181. The van der Waals surface area contributed by atoms with E-state index in [0.29, 0.717) is 13.2 Å². The zero-order valence-electron chi connectivity index (χ0n) is 16.7. The SMILES string of the molecule is CCN(C(=O)c1cccc(-c2cccc(OC)c2)c1)C1CCOC(C)(C)C1. The number of carbonyl (C=O) groups excluding carboxylic acids is 1. The van der Waals surface area contributed by atoms with E-state index in [-0.39, 0.29) is 17.6 Å². The first-order valence-electron chi connectivity index (χ1n) is 9.63. The summed E-state index contributed by atoms with van der Waals surface area (Å²) in [5.41, 5.74) is 2.60. The highest BCUT2D eigenvalue weighted by atomic mass is 16.5. The number of carbonyl (C=O) groups is 1. The fourth-order valence-corrected chi connectivity index (χ4v) is 3.83. The third-order valence-corrected chi connectivity index (χ3v) is 5.23. The van der Waals surface area contributed by atoms with Crippen LogP contribution in [0.5, 0.6) is 5.75 Å². The van der Waals surface area contributed by atoms with Gasteiger partial charge in [0.05, 0.1) is 12.7 Å².